The number of carbonyl (C=O) groups excluding carboxylic acids is 3. The second-order valence-electron chi connectivity index (χ2n) is 11.6. The highest BCUT2D eigenvalue weighted by atomic mass is 32.2. The lowest BCUT2D eigenvalue weighted by molar-refractivity contribution is -0.129. The monoisotopic (exact) mass is 679 g/mol. The first-order valence-corrected chi connectivity index (χ1v) is 17.5. The van der Waals surface area contributed by atoms with Gasteiger partial charge in [-0.05, 0) is 54.3 Å². The van der Waals surface area contributed by atoms with Gasteiger partial charge in [0.05, 0.1) is 39.3 Å². The van der Waals surface area contributed by atoms with Crippen LogP contribution in [0, 0.1) is 5.92 Å². The molecular weight excluding hydrogens is 643 g/mol. The summed E-state index contributed by atoms with van der Waals surface area (Å²) in [6, 6.07) is 19.1. The van der Waals surface area contributed by atoms with Gasteiger partial charge in [0, 0.05) is 24.3 Å². The number of ether oxygens (including phenoxy) is 1. The van der Waals surface area contributed by atoms with E-state index >= 15 is 0 Å². The highest BCUT2D eigenvalue weighted by Gasteiger charge is 2.39. The molecule has 47 heavy (non-hydrogen) atoms. The van der Waals surface area contributed by atoms with Crippen molar-refractivity contribution in [2.75, 3.05) is 24.5 Å². The molecule has 4 N–H and O–H groups in total. The number of hydrogen-bond donors (Lipinski definition) is 3. The number of nitrogens with zero attached hydrogens (tertiary/aromatic N) is 3. The number of hydrogen-bond acceptors (Lipinski definition) is 9. The fraction of sp³-hybridized carbons (Fsp3) is 0.333. The summed E-state index contributed by atoms with van der Waals surface area (Å²) in [5.41, 5.74) is 9.06. The average molecular weight is 680 g/mol. The van der Waals surface area contributed by atoms with E-state index in [1.165, 1.54) is 38.7 Å². The van der Waals surface area contributed by atoms with Gasteiger partial charge in [-0.2, -0.15) is 4.31 Å². The standard InChI is InChI=1S/C33H37N5O7S2/c1-3-21(2)17-37(47(43,44)25-12-13-26-30(16-25)46-20-35-26)18-28(39)27(14-22-8-5-4-6-9-22)36-32(41)29-19-38(33(42)45-29)24-11-7-10-23(15-24)31(34)40/h4-13,15-16,20-21,27-29,39H,3,14,17-19H2,1-2H3,(H2,34,40)(H,36,41)/t21-,27-,28+,29?/m0/s1. The smallest absolute Gasteiger partial charge is 0.415 e. The van der Waals surface area contributed by atoms with Gasteiger partial charge in [0.1, 0.15) is 0 Å². The molecule has 1 fully saturated rings. The molecule has 0 spiro atoms. The van der Waals surface area contributed by atoms with Crippen molar-refractivity contribution in [2.24, 2.45) is 11.7 Å². The quantitative estimate of drug-likeness (QED) is 0.182. The molecule has 4 aromatic rings. The summed E-state index contributed by atoms with van der Waals surface area (Å²) in [6.45, 7) is 3.62. The average Bonchev–Trinajstić information content (AvgIpc) is 3.70. The number of sulfonamides is 1. The zero-order chi connectivity index (χ0) is 33.7. The summed E-state index contributed by atoms with van der Waals surface area (Å²) in [7, 11) is -4.05. The molecule has 0 radical (unpaired) electrons. The van der Waals surface area contributed by atoms with Crippen LogP contribution < -0.4 is 16.0 Å². The Labute approximate surface area is 277 Å². The summed E-state index contributed by atoms with van der Waals surface area (Å²) in [4.78, 5) is 43.5. The van der Waals surface area contributed by atoms with Crippen molar-refractivity contribution in [3.63, 3.8) is 0 Å². The Morgan fingerprint density at radius 2 is 1.89 bits per heavy atom. The number of anilines is 1. The van der Waals surface area contributed by atoms with E-state index in [0.717, 1.165) is 10.3 Å². The van der Waals surface area contributed by atoms with Crippen LogP contribution in [-0.4, -0.2) is 78.6 Å². The molecule has 0 saturated carbocycles. The molecule has 1 aliphatic heterocycles. The maximum atomic E-state index is 14.0. The van der Waals surface area contributed by atoms with Gasteiger partial charge in [0.25, 0.3) is 5.91 Å². The van der Waals surface area contributed by atoms with Gasteiger partial charge < -0.3 is 20.9 Å². The van der Waals surface area contributed by atoms with Gasteiger partial charge >= 0.3 is 6.09 Å². The van der Waals surface area contributed by atoms with E-state index in [-0.39, 0.29) is 42.4 Å². The van der Waals surface area contributed by atoms with Crippen LogP contribution >= 0.6 is 11.3 Å². The summed E-state index contributed by atoms with van der Waals surface area (Å²) >= 11 is 1.34. The van der Waals surface area contributed by atoms with Crippen LogP contribution in [0.2, 0.25) is 0 Å². The molecule has 3 aromatic carbocycles. The number of aromatic nitrogens is 1. The molecule has 1 saturated heterocycles. The predicted octanol–water partition coefficient (Wildman–Crippen LogP) is 3.55. The van der Waals surface area contributed by atoms with Gasteiger partial charge in [0.15, 0.2) is 6.10 Å². The second kappa shape index (κ2) is 14.6. The van der Waals surface area contributed by atoms with E-state index in [0.29, 0.717) is 17.6 Å². The number of aliphatic hydroxyl groups is 1. The van der Waals surface area contributed by atoms with Crippen molar-refractivity contribution in [3.05, 3.63) is 89.4 Å². The highest BCUT2D eigenvalue weighted by molar-refractivity contribution is 7.89. The third-order valence-electron chi connectivity index (χ3n) is 8.18. The molecule has 1 aromatic heterocycles. The number of aliphatic hydroxyl groups excluding tert-OH is 1. The zero-order valence-corrected chi connectivity index (χ0v) is 27.6. The van der Waals surface area contributed by atoms with Crippen molar-refractivity contribution in [3.8, 4) is 0 Å². The predicted molar refractivity (Wildman–Crippen MR) is 178 cm³/mol. The lowest BCUT2D eigenvalue weighted by Crippen LogP contribution is -2.53. The minimum atomic E-state index is -4.05. The Morgan fingerprint density at radius 1 is 1.13 bits per heavy atom. The molecule has 14 heteroatoms. The Kier molecular flexibility index (Phi) is 10.5. The Balaban J connectivity index is 1.37. The molecule has 5 rings (SSSR count). The van der Waals surface area contributed by atoms with Crippen molar-refractivity contribution >= 4 is 55.2 Å². The lowest BCUT2D eigenvalue weighted by atomic mass is 10.0. The van der Waals surface area contributed by atoms with Crippen molar-refractivity contribution in [2.45, 2.75) is 49.8 Å². The van der Waals surface area contributed by atoms with Crippen molar-refractivity contribution < 1.29 is 32.6 Å². The molecule has 1 unspecified atom stereocenters. The molecule has 2 heterocycles. The largest absolute Gasteiger partial charge is 0.434 e. The number of fused-ring (bicyclic) bond motifs is 1. The van der Waals surface area contributed by atoms with Crippen LogP contribution in [0.25, 0.3) is 10.2 Å². The van der Waals surface area contributed by atoms with E-state index in [4.69, 9.17) is 10.5 Å². The van der Waals surface area contributed by atoms with Crippen LogP contribution in [0.3, 0.4) is 0 Å². The molecule has 3 amide bonds. The molecule has 0 bridgehead atoms. The van der Waals surface area contributed by atoms with Crippen molar-refractivity contribution in [1.82, 2.24) is 14.6 Å². The number of amides is 3. The highest BCUT2D eigenvalue weighted by Crippen LogP contribution is 2.26. The molecular formula is C33H37N5O7S2. The Morgan fingerprint density at radius 3 is 2.62 bits per heavy atom. The molecule has 1 aliphatic rings. The Hall–Kier alpha value is -4.37. The fourth-order valence-electron chi connectivity index (χ4n) is 5.29. The third-order valence-corrected chi connectivity index (χ3v) is 10.8. The van der Waals surface area contributed by atoms with Crippen LogP contribution in [0.4, 0.5) is 10.5 Å². The summed E-state index contributed by atoms with van der Waals surface area (Å²) in [5, 5.41) is 14.5. The minimum Gasteiger partial charge on any atom is -0.434 e. The van der Waals surface area contributed by atoms with Gasteiger partial charge in [-0.15, -0.1) is 11.3 Å². The maximum absolute atomic E-state index is 14.0. The Bertz CT molecular complexity index is 1850. The van der Waals surface area contributed by atoms with Gasteiger partial charge in [-0.3, -0.25) is 14.5 Å². The van der Waals surface area contributed by atoms with E-state index in [2.05, 4.69) is 10.3 Å². The first-order valence-electron chi connectivity index (χ1n) is 15.2. The first kappa shape index (κ1) is 34.0. The number of benzene rings is 3. The molecule has 4 atom stereocenters. The number of nitrogens with one attached hydrogen (secondary N) is 1. The molecule has 0 aliphatic carbocycles. The summed E-state index contributed by atoms with van der Waals surface area (Å²) < 4.78 is 35.3. The summed E-state index contributed by atoms with van der Waals surface area (Å²) in [6.07, 6.45) is -2.44. The van der Waals surface area contributed by atoms with Gasteiger partial charge in [-0.1, -0.05) is 56.7 Å². The van der Waals surface area contributed by atoms with Crippen LogP contribution in [0.1, 0.15) is 36.2 Å². The van der Waals surface area contributed by atoms with Crippen LogP contribution in [-0.2, 0) is 26.0 Å². The van der Waals surface area contributed by atoms with Gasteiger partial charge in [-0.25, -0.2) is 18.2 Å². The lowest BCUT2D eigenvalue weighted by Gasteiger charge is -2.31. The van der Waals surface area contributed by atoms with Crippen molar-refractivity contribution in [1.29, 1.82) is 0 Å². The van der Waals surface area contributed by atoms with E-state index in [1.54, 1.807) is 29.8 Å². The number of cyclic esters (lactones) is 1. The number of primary amides is 1. The number of thiazole rings is 1. The molecule has 248 valence electrons. The zero-order valence-electron chi connectivity index (χ0n) is 26.0. The fourth-order valence-corrected chi connectivity index (χ4v) is 7.69. The number of carbonyl (C=O) groups is 3. The van der Waals surface area contributed by atoms with Crippen LogP contribution in [0.5, 0.6) is 0 Å². The summed E-state index contributed by atoms with van der Waals surface area (Å²) in [5.74, 6) is -1.33. The SMILES string of the molecule is CC[C@H](C)CN(C[C@@H](O)[C@H](Cc1ccccc1)NC(=O)C1CN(c2cccc(C(N)=O)c2)C(=O)O1)S(=O)(=O)c1ccc2ncsc2c1. The normalized spacial score (nSPS) is 17.0. The van der Waals surface area contributed by atoms with E-state index in [1.807, 2.05) is 44.2 Å². The van der Waals surface area contributed by atoms with Gasteiger partial charge in [0.2, 0.25) is 15.9 Å². The first-order chi connectivity index (χ1) is 22.5. The third kappa shape index (κ3) is 7.96. The topological polar surface area (TPSA) is 172 Å². The molecule has 12 nitrogen and oxygen atoms in total. The van der Waals surface area contributed by atoms with Crippen LogP contribution in [0.15, 0.2) is 83.2 Å². The van der Waals surface area contributed by atoms with E-state index in [9.17, 15) is 27.9 Å². The minimum absolute atomic E-state index is 0.0109. The number of rotatable bonds is 14. The number of nitrogens with two attached hydrogens (primary N) is 1. The second-order valence-corrected chi connectivity index (χ2v) is 14.4. The van der Waals surface area contributed by atoms with E-state index < -0.39 is 46.2 Å². The maximum Gasteiger partial charge on any atom is 0.415 e.